The summed E-state index contributed by atoms with van der Waals surface area (Å²) in [5.74, 6) is 4.54. The van der Waals surface area contributed by atoms with Crippen LogP contribution in [0, 0.1) is 0 Å². The first-order chi connectivity index (χ1) is 32.7. The lowest BCUT2D eigenvalue weighted by Crippen LogP contribution is -2.32. The average Bonchev–Trinajstić information content (AvgIpc) is 4.22. The van der Waals surface area contributed by atoms with Crippen molar-refractivity contribution in [1.29, 1.82) is 0 Å². The molecule has 6 aromatic rings. The van der Waals surface area contributed by atoms with Crippen molar-refractivity contribution < 1.29 is 42.6 Å². The van der Waals surface area contributed by atoms with Gasteiger partial charge >= 0.3 is 0 Å². The highest BCUT2D eigenvalue weighted by atomic mass is 16.5. The number of allylic oxidation sites excluding steroid dienone is 2. The number of rotatable bonds is 13. The zero-order valence-electron chi connectivity index (χ0n) is 38.8. The van der Waals surface area contributed by atoms with Gasteiger partial charge in [-0.05, 0) is 107 Å². The van der Waals surface area contributed by atoms with Gasteiger partial charge in [0, 0.05) is 61.5 Å². The molecule has 0 radical (unpaired) electrons. The van der Waals surface area contributed by atoms with E-state index in [0.29, 0.717) is 57.4 Å². The minimum atomic E-state index is -0.366. The van der Waals surface area contributed by atoms with Crippen LogP contribution in [0.4, 0.5) is 5.69 Å². The van der Waals surface area contributed by atoms with Gasteiger partial charge in [-0.25, -0.2) is 0 Å². The van der Waals surface area contributed by atoms with Gasteiger partial charge in [-0.1, -0.05) is 24.3 Å². The smallest absolute Gasteiger partial charge is 0.203 e. The monoisotopic (exact) mass is 903 g/mol. The van der Waals surface area contributed by atoms with Gasteiger partial charge in [-0.15, -0.1) is 0 Å². The number of nitrogen functional groups attached to an aromatic ring is 1. The van der Waals surface area contributed by atoms with Crippen molar-refractivity contribution in [2.24, 2.45) is 0 Å². The number of hydrogen-bond acceptors (Lipinski definition) is 12. The van der Waals surface area contributed by atoms with Crippen molar-refractivity contribution in [3.63, 3.8) is 0 Å². The summed E-state index contributed by atoms with van der Waals surface area (Å²) in [6.45, 7) is 0. The largest absolute Gasteiger partial charge is 0.493 e. The summed E-state index contributed by atoms with van der Waals surface area (Å²) in [5, 5.41) is 9.55. The van der Waals surface area contributed by atoms with E-state index in [1.807, 2.05) is 60.7 Å². The van der Waals surface area contributed by atoms with Crippen LogP contribution < -0.4 is 69.7 Å². The van der Waals surface area contributed by atoms with Crippen LogP contribution in [0.2, 0.25) is 0 Å². The second-order valence-corrected chi connectivity index (χ2v) is 15.8. The summed E-state index contributed by atoms with van der Waals surface area (Å²) in [7, 11) is 14.5. The number of H-pyrrole nitrogens is 2. The molecule has 0 aliphatic carbocycles. The van der Waals surface area contributed by atoms with Crippen LogP contribution in [0.15, 0.2) is 121 Å². The average molecular weight is 904 g/mol. The normalized spacial score (nSPS) is 19.9. The third kappa shape index (κ3) is 7.79. The Morgan fingerprint density at radius 2 is 0.746 bits per heavy atom. The molecule has 14 heteroatoms. The molecule has 2 aromatic heterocycles. The van der Waals surface area contributed by atoms with Crippen molar-refractivity contribution in [3.05, 3.63) is 165 Å². The van der Waals surface area contributed by atoms with Crippen molar-refractivity contribution in [3.8, 4) is 51.7 Å². The molecule has 3 aliphatic heterocycles. The highest BCUT2D eigenvalue weighted by Gasteiger charge is 2.30. The van der Waals surface area contributed by atoms with Gasteiger partial charge in [0.15, 0.2) is 34.5 Å². The topological polar surface area (TPSA) is 165 Å². The van der Waals surface area contributed by atoms with E-state index in [1.54, 1.807) is 64.0 Å². The number of hydrogen-bond donors (Lipinski definition) is 5. The van der Waals surface area contributed by atoms with Crippen LogP contribution in [-0.2, 0) is 0 Å². The van der Waals surface area contributed by atoms with E-state index in [-0.39, 0.29) is 12.1 Å². The number of benzene rings is 4. The van der Waals surface area contributed by atoms with Gasteiger partial charge in [0.05, 0.1) is 76.1 Å². The van der Waals surface area contributed by atoms with E-state index < -0.39 is 0 Å². The number of aromatic amines is 2. The summed E-state index contributed by atoms with van der Waals surface area (Å²) in [5.41, 5.74) is 17.3. The van der Waals surface area contributed by atoms with E-state index >= 15 is 0 Å². The molecule has 4 aromatic carbocycles. The summed E-state index contributed by atoms with van der Waals surface area (Å²) in [4.78, 5) is 7.68. The molecule has 6 N–H and O–H groups in total. The van der Waals surface area contributed by atoms with Crippen molar-refractivity contribution in [1.82, 2.24) is 20.6 Å². The first kappa shape index (κ1) is 44.0. The standard InChI is InChI=1S/C53H53N5O9/c1-59-41-22-29(23-42(60-2)51(41)65-7)48-35-16-14-33(55-35)47(28-10-12-32(54)13-11-28)34-15-17-36(56-34)49(30-24-43(61-3)52(66-8)44(25-30)62-4)38-19-21-40(58-38)50(39-20-18-37(48)57-39)31-26-45(63-5)53(67-9)46(27-31)64-6/h10-27,33,38,55-58H,54H2,1-9H3/b47-34-,48-35-,49-36-,50-40-. The van der Waals surface area contributed by atoms with E-state index in [2.05, 4.69) is 69.2 Å². The molecule has 2 unspecified atom stereocenters. The Bertz CT molecular complexity index is 3060. The fraction of sp³-hybridized carbons (Fsp3) is 0.208. The number of aromatic nitrogens is 2. The Morgan fingerprint density at radius 3 is 1.10 bits per heavy atom. The number of ether oxygens (including phenoxy) is 9. The van der Waals surface area contributed by atoms with E-state index in [0.717, 1.165) is 78.0 Å². The number of methoxy groups -OCH3 is 9. The molecule has 0 saturated heterocycles. The lowest BCUT2D eigenvalue weighted by Gasteiger charge is -2.22. The maximum Gasteiger partial charge on any atom is 0.203 e. The minimum Gasteiger partial charge on any atom is -0.493 e. The van der Waals surface area contributed by atoms with Crippen LogP contribution in [-0.4, -0.2) is 86.0 Å². The summed E-state index contributed by atoms with van der Waals surface area (Å²) in [6.07, 6.45) is 8.52. The lowest BCUT2D eigenvalue weighted by molar-refractivity contribution is 0.324. The van der Waals surface area contributed by atoms with Gasteiger partial charge in [-0.2, -0.15) is 0 Å². The molecule has 9 rings (SSSR count). The van der Waals surface area contributed by atoms with Gasteiger partial charge in [-0.3, -0.25) is 0 Å². The molecular weight excluding hydrogens is 851 g/mol. The predicted octanol–water partition coefficient (Wildman–Crippen LogP) is 6.69. The van der Waals surface area contributed by atoms with Crippen LogP contribution in [0.3, 0.4) is 0 Å². The van der Waals surface area contributed by atoms with Gasteiger partial charge < -0.3 is 69.0 Å². The maximum absolute atomic E-state index is 6.26. The Hall–Kier alpha value is -8.26. The molecule has 0 amide bonds. The molecule has 14 nitrogen and oxygen atoms in total. The third-order valence-corrected chi connectivity index (χ3v) is 12.3. The highest BCUT2D eigenvalue weighted by molar-refractivity contribution is 5.90. The first-order valence-electron chi connectivity index (χ1n) is 21.5. The van der Waals surface area contributed by atoms with Crippen LogP contribution >= 0.6 is 0 Å². The minimum absolute atomic E-state index is 0.292. The number of nitrogens with two attached hydrogens (primary N) is 1. The Balaban J connectivity index is 1.39. The number of fused-ring (bicyclic) bond motifs is 8. The van der Waals surface area contributed by atoms with Crippen molar-refractivity contribution in [2.45, 2.75) is 12.1 Å². The molecule has 344 valence electrons. The quantitative estimate of drug-likeness (QED) is 0.0782. The van der Waals surface area contributed by atoms with Gasteiger partial charge in [0.2, 0.25) is 17.2 Å². The fourth-order valence-electron chi connectivity index (χ4n) is 9.22. The molecule has 8 bridgehead atoms. The summed E-state index contributed by atoms with van der Waals surface area (Å²) < 4.78 is 52.7. The predicted molar refractivity (Wildman–Crippen MR) is 259 cm³/mol. The van der Waals surface area contributed by atoms with E-state index in [4.69, 9.17) is 48.4 Å². The third-order valence-electron chi connectivity index (χ3n) is 12.3. The van der Waals surface area contributed by atoms with Crippen LogP contribution in [0.1, 0.15) is 33.6 Å². The van der Waals surface area contributed by atoms with Gasteiger partial charge in [0.1, 0.15) is 0 Å². The zero-order chi connectivity index (χ0) is 46.9. The van der Waals surface area contributed by atoms with Crippen LogP contribution in [0.5, 0.6) is 51.7 Å². The number of nitrogens with one attached hydrogen (secondary N) is 4. The lowest BCUT2D eigenvalue weighted by atomic mass is 9.97. The molecule has 5 heterocycles. The molecular formula is C53H53N5O9. The van der Waals surface area contributed by atoms with E-state index in [9.17, 15) is 0 Å². The second-order valence-electron chi connectivity index (χ2n) is 15.8. The molecule has 2 atom stereocenters. The van der Waals surface area contributed by atoms with Crippen molar-refractivity contribution in [2.75, 3.05) is 69.7 Å². The zero-order valence-corrected chi connectivity index (χ0v) is 38.8. The SMILES string of the molecule is COc1cc(/C2=C3\C=CC(N3)/C(c3ccc(N)cc3)=c3/cc/c([nH]3)=C(\c3cc(OC)c(OC)c(OC)c3)C3C=C/C(=C(\c4cc(OC)c(OC)c(OC)c4)c4ccc2[nH]4)N3)cc(OC)c1OC. The Morgan fingerprint density at radius 1 is 0.388 bits per heavy atom. The molecule has 0 spiro atoms. The number of anilines is 1. The maximum atomic E-state index is 6.26. The molecule has 0 fully saturated rings. The van der Waals surface area contributed by atoms with Crippen LogP contribution in [0.25, 0.3) is 22.3 Å². The fourth-order valence-corrected chi connectivity index (χ4v) is 9.22. The molecule has 3 aliphatic rings. The molecule has 0 saturated carbocycles. The van der Waals surface area contributed by atoms with E-state index in [1.165, 1.54) is 0 Å². The first-order valence-corrected chi connectivity index (χ1v) is 21.5. The summed E-state index contributed by atoms with van der Waals surface area (Å²) in [6, 6.07) is 27.4. The summed E-state index contributed by atoms with van der Waals surface area (Å²) >= 11 is 0. The van der Waals surface area contributed by atoms with Gasteiger partial charge in [0.25, 0.3) is 0 Å². The molecule has 67 heavy (non-hydrogen) atoms. The van der Waals surface area contributed by atoms with Crippen molar-refractivity contribution >= 4 is 28.0 Å². The Kier molecular flexibility index (Phi) is 12.0. The Labute approximate surface area is 388 Å². The highest BCUT2D eigenvalue weighted by Crippen LogP contribution is 2.46. The second kappa shape index (κ2) is 18.3.